The number of hydrogen-bond acceptors (Lipinski definition) is 4. The minimum Gasteiger partial charge on any atom is -0.364 e. The van der Waals surface area contributed by atoms with Crippen LogP contribution in [0.3, 0.4) is 0 Å². The Kier molecular flexibility index (Phi) is 5.37. The van der Waals surface area contributed by atoms with Crippen LogP contribution in [-0.4, -0.2) is 31.4 Å². The topological polar surface area (TPSA) is 108 Å². The Bertz CT molecular complexity index is 916. The van der Waals surface area contributed by atoms with Crippen molar-refractivity contribution < 1.29 is 22.8 Å². The number of aromatic nitrogens is 4. The fourth-order valence-corrected chi connectivity index (χ4v) is 3.23. The van der Waals surface area contributed by atoms with Crippen molar-refractivity contribution in [2.24, 2.45) is 5.73 Å². The summed E-state index contributed by atoms with van der Waals surface area (Å²) in [6, 6.07) is 0. The third kappa shape index (κ3) is 4.13. The lowest BCUT2D eigenvalue weighted by atomic mass is 10.2. The first-order chi connectivity index (χ1) is 13.1. The first-order valence-corrected chi connectivity index (χ1v) is 9.00. The summed E-state index contributed by atoms with van der Waals surface area (Å²) in [5.74, 6) is -1.39. The Morgan fingerprint density at radius 1 is 1.36 bits per heavy atom. The third-order valence-corrected chi connectivity index (χ3v) is 4.68. The maximum Gasteiger partial charge on any atom is 0.436 e. The molecule has 0 bridgehead atoms. The number of nitrogens with two attached hydrogens (primary N) is 1. The molecule has 12 heteroatoms. The van der Waals surface area contributed by atoms with Gasteiger partial charge in [-0.25, -0.2) is 0 Å². The average Bonchev–Trinajstić information content (AvgIpc) is 3.25. The molecule has 2 heterocycles. The molecule has 2 aromatic rings. The zero-order chi connectivity index (χ0) is 20.6. The molecule has 1 fully saturated rings. The van der Waals surface area contributed by atoms with Crippen molar-refractivity contribution in [1.82, 2.24) is 19.6 Å². The highest BCUT2D eigenvalue weighted by atomic mass is 35.5. The summed E-state index contributed by atoms with van der Waals surface area (Å²) in [5.41, 5.74) is 4.47. The Morgan fingerprint density at radius 2 is 2.04 bits per heavy atom. The van der Waals surface area contributed by atoms with Gasteiger partial charge in [0, 0.05) is 25.1 Å². The summed E-state index contributed by atoms with van der Waals surface area (Å²) in [6.07, 6.45) is -1.91. The van der Waals surface area contributed by atoms with Gasteiger partial charge in [0.15, 0.2) is 11.4 Å². The zero-order valence-corrected chi connectivity index (χ0v) is 15.6. The summed E-state index contributed by atoms with van der Waals surface area (Å²) >= 11 is 5.90. The van der Waals surface area contributed by atoms with E-state index < -0.39 is 28.7 Å². The molecule has 1 aliphatic rings. The number of nitrogens with zero attached hydrogens (tertiary/aromatic N) is 4. The molecule has 0 radical (unpaired) electrons. The molecular formula is C16H18ClF3N6O2. The number of rotatable bonds is 7. The van der Waals surface area contributed by atoms with E-state index in [9.17, 15) is 22.8 Å². The lowest BCUT2D eigenvalue weighted by Gasteiger charge is -2.07. The van der Waals surface area contributed by atoms with E-state index in [0.29, 0.717) is 12.2 Å². The molecule has 0 atom stereocenters. The first-order valence-electron chi connectivity index (χ1n) is 8.62. The van der Waals surface area contributed by atoms with E-state index in [1.54, 1.807) is 6.92 Å². The number of nitrogens with one attached hydrogen (secondary N) is 1. The van der Waals surface area contributed by atoms with Crippen LogP contribution < -0.4 is 11.1 Å². The number of halogens is 4. The van der Waals surface area contributed by atoms with E-state index in [-0.39, 0.29) is 30.3 Å². The van der Waals surface area contributed by atoms with Gasteiger partial charge in [0.05, 0.1) is 22.9 Å². The summed E-state index contributed by atoms with van der Waals surface area (Å²) in [5, 5.41) is 9.63. The molecule has 2 amide bonds. The number of anilines is 1. The molecule has 0 aliphatic heterocycles. The van der Waals surface area contributed by atoms with Crippen molar-refractivity contribution >= 4 is 29.1 Å². The Morgan fingerprint density at radius 3 is 2.57 bits per heavy atom. The zero-order valence-electron chi connectivity index (χ0n) is 14.9. The molecule has 152 valence electrons. The van der Waals surface area contributed by atoms with Gasteiger partial charge in [0.2, 0.25) is 5.91 Å². The van der Waals surface area contributed by atoms with Crippen molar-refractivity contribution in [2.75, 3.05) is 5.32 Å². The number of carbonyl (C=O) groups excluding carboxylic acids is 2. The average molecular weight is 419 g/mol. The second-order valence-electron chi connectivity index (χ2n) is 6.45. The second kappa shape index (κ2) is 7.46. The Labute approximate surface area is 162 Å². The van der Waals surface area contributed by atoms with Crippen molar-refractivity contribution in [3.05, 3.63) is 28.3 Å². The number of primary amides is 1. The van der Waals surface area contributed by atoms with Gasteiger partial charge in [0.25, 0.3) is 5.91 Å². The Balaban J connectivity index is 1.73. The van der Waals surface area contributed by atoms with Gasteiger partial charge in [-0.1, -0.05) is 11.6 Å². The maximum atomic E-state index is 13.1. The third-order valence-electron chi connectivity index (χ3n) is 4.31. The largest absolute Gasteiger partial charge is 0.436 e. The second-order valence-corrected chi connectivity index (χ2v) is 6.83. The van der Waals surface area contributed by atoms with E-state index in [4.69, 9.17) is 17.3 Å². The van der Waals surface area contributed by atoms with Crippen molar-refractivity contribution in [1.29, 1.82) is 0 Å². The number of carbonyl (C=O) groups is 2. The predicted molar refractivity (Wildman–Crippen MR) is 93.9 cm³/mol. The van der Waals surface area contributed by atoms with Gasteiger partial charge in [-0.3, -0.25) is 19.0 Å². The van der Waals surface area contributed by atoms with Gasteiger partial charge in [0.1, 0.15) is 0 Å². The van der Waals surface area contributed by atoms with Crippen LogP contribution in [0.15, 0.2) is 6.20 Å². The van der Waals surface area contributed by atoms with E-state index in [1.165, 1.54) is 10.9 Å². The smallest absolute Gasteiger partial charge is 0.364 e. The van der Waals surface area contributed by atoms with Crippen LogP contribution in [0.5, 0.6) is 0 Å². The summed E-state index contributed by atoms with van der Waals surface area (Å²) in [4.78, 5) is 23.7. The Hall–Kier alpha value is -2.56. The van der Waals surface area contributed by atoms with E-state index >= 15 is 0 Å². The highest BCUT2D eigenvalue weighted by Gasteiger charge is 2.42. The van der Waals surface area contributed by atoms with Crippen LogP contribution in [0.1, 0.15) is 54.0 Å². The molecule has 0 unspecified atom stereocenters. The van der Waals surface area contributed by atoms with Gasteiger partial charge in [-0.05, 0) is 19.8 Å². The van der Waals surface area contributed by atoms with E-state index in [0.717, 1.165) is 17.5 Å². The minimum atomic E-state index is -4.67. The minimum absolute atomic E-state index is 0.0802. The number of aryl methyl sites for hydroxylation is 2. The van der Waals surface area contributed by atoms with Crippen LogP contribution in [-0.2, 0) is 24.1 Å². The lowest BCUT2D eigenvalue weighted by Crippen LogP contribution is -2.19. The molecule has 2 aromatic heterocycles. The highest BCUT2D eigenvalue weighted by Crippen LogP contribution is 2.46. The lowest BCUT2D eigenvalue weighted by molar-refractivity contribution is -0.141. The normalized spacial score (nSPS) is 14.3. The fraction of sp³-hybridized carbons (Fsp3) is 0.500. The predicted octanol–water partition coefficient (Wildman–Crippen LogP) is 2.78. The monoisotopic (exact) mass is 418 g/mol. The highest BCUT2D eigenvalue weighted by molar-refractivity contribution is 6.32. The van der Waals surface area contributed by atoms with Crippen LogP contribution in [0, 0.1) is 0 Å². The van der Waals surface area contributed by atoms with Gasteiger partial charge in [-0.2, -0.15) is 23.4 Å². The van der Waals surface area contributed by atoms with Crippen LogP contribution in [0.2, 0.25) is 5.02 Å². The number of hydrogen-bond donors (Lipinski definition) is 2. The van der Waals surface area contributed by atoms with Crippen molar-refractivity contribution in [3.8, 4) is 0 Å². The van der Waals surface area contributed by atoms with Gasteiger partial charge >= 0.3 is 6.18 Å². The number of amides is 2. The van der Waals surface area contributed by atoms with Crippen molar-refractivity contribution in [3.63, 3.8) is 0 Å². The molecule has 3 rings (SSSR count). The van der Waals surface area contributed by atoms with Gasteiger partial charge in [-0.15, -0.1) is 0 Å². The molecule has 0 saturated heterocycles. The standard InChI is InChI=1S/C16H18ClF3N6O2/c1-2-25-7-9(12(23-25)15(21)28)22-10(27)5-6-26-13(8-3-4-8)11(17)14(24-26)16(18,19)20/h7-8H,2-6H2,1H3,(H2,21,28)(H,22,27). The van der Waals surface area contributed by atoms with Crippen molar-refractivity contribution in [2.45, 2.75) is 51.4 Å². The molecule has 0 aromatic carbocycles. The van der Waals surface area contributed by atoms with Crippen LogP contribution >= 0.6 is 11.6 Å². The first kappa shape index (κ1) is 20.2. The molecular weight excluding hydrogens is 401 g/mol. The molecule has 1 aliphatic carbocycles. The molecule has 8 nitrogen and oxygen atoms in total. The molecule has 3 N–H and O–H groups in total. The van der Waals surface area contributed by atoms with E-state index in [2.05, 4.69) is 15.5 Å². The number of alkyl halides is 3. The molecule has 1 saturated carbocycles. The summed E-state index contributed by atoms with van der Waals surface area (Å²) < 4.78 is 41.8. The van der Waals surface area contributed by atoms with E-state index in [1.807, 2.05) is 0 Å². The molecule has 0 spiro atoms. The SMILES string of the molecule is CCn1cc(NC(=O)CCn2nc(C(F)(F)F)c(Cl)c2C2CC2)c(C(N)=O)n1. The summed E-state index contributed by atoms with van der Waals surface area (Å²) in [6.45, 7) is 2.18. The quantitative estimate of drug-likeness (QED) is 0.720. The maximum absolute atomic E-state index is 13.1. The van der Waals surface area contributed by atoms with Crippen LogP contribution in [0.25, 0.3) is 0 Å². The van der Waals surface area contributed by atoms with Gasteiger partial charge < -0.3 is 11.1 Å². The van der Waals surface area contributed by atoms with Crippen LogP contribution in [0.4, 0.5) is 18.9 Å². The fourth-order valence-electron chi connectivity index (χ4n) is 2.83. The summed E-state index contributed by atoms with van der Waals surface area (Å²) in [7, 11) is 0. The molecule has 28 heavy (non-hydrogen) atoms.